The number of likely N-dealkylation sites (tertiary alicyclic amines) is 1. The summed E-state index contributed by atoms with van der Waals surface area (Å²) in [6, 6.07) is 3.62. The van der Waals surface area contributed by atoms with E-state index < -0.39 is 11.6 Å². The summed E-state index contributed by atoms with van der Waals surface area (Å²) < 4.78 is 15.2. The molecule has 1 atom stereocenters. The van der Waals surface area contributed by atoms with Crippen LogP contribution in [0.3, 0.4) is 0 Å². The average Bonchev–Trinajstić information content (AvgIpc) is 2.98. The van der Waals surface area contributed by atoms with E-state index in [1.54, 1.807) is 29.2 Å². The molecule has 1 unspecified atom stereocenters. The highest BCUT2D eigenvalue weighted by molar-refractivity contribution is 7.09. The van der Waals surface area contributed by atoms with Crippen LogP contribution in [0.4, 0.5) is 4.39 Å². The average molecular weight is 348 g/mol. The van der Waals surface area contributed by atoms with Gasteiger partial charge in [-0.25, -0.2) is 9.37 Å². The Kier molecular flexibility index (Phi) is 5.20. The maximum absolute atomic E-state index is 15.2. The fraction of sp³-hybridized carbons (Fsp3) is 0.471. The third-order valence-electron chi connectivity index (χ3n) is 4.34. The van der Waals surface area contributed by atoms with Crippen LogP contribution < -0.4 is 5.32 Å². The van der Waals surface area contributed by atoms with Crippen LogP contribution in [-0.2, 0) is 17.9 Å². The SMILES string of the molecule is Cc1ncsc1CN1CCCC(F)(C(=O)NCc2ccncc2)C1. The fourth-order valence-corrected chi connectivity index (χ4v) is 3.76. The minimum absolute atomic E-state index is 0.131. The molecule has 3 heterocycles. The highest BCUT2D eigenvalue weighted by atomic mass is 32.1. The maximum atomic E-state index is 15.2. The summed E-state index contributed by atoms with van der Waals surface area (Å²) in [7, 11) is 0. The second kappa shape index (κ2) is 7.36. The lowest BCUT2D eigenvalue weighted by atomic mass is 9.93. The lowest BCUT2D eigenvalue weighted by molar-refractivity contribution is -0.137. The summed E-state index contributed by atoms with van der Waals surface area (Å²) in [5.41, 5.74) is 1.87. The Hall–Kier alpha value is -1.86. The van der Waals surface area contributed by atoms with Crippen molar-refractivity contribution in [3.05, 3.63) is 46.2 Å². The Labute approximate surface area is 144 Å². The molecule has 0 saturated carbocycles. The van der Waals surface area contributed by atoms with Gasteiger partial charge in [0.15, 0.2) is 0 Å². The van der Waals surface area contributed by atoms with Gasteiger partial charge in [-0.15, -0.1) is 11.3 Å². The number of alkyl halides is 1. The minimum Gasteiger partial charge on any atom is -0.349 e. The van der Waals surface area contributed by atoms with Gasteiger partial charge in [-0.2, -0.15) is 0 Å². The van der Waals surface area contributed by atoms with E-state index in [-0.39, 0.29) is 13.0 Å². The molecule has 1 aliphatic heterocycles. The van der Waals surface area contributed by atoms with E-state index in [4.69, 9.17) is 0 Å². The van der Waals surface area contributed by atoms with Crippen LogP contribution in [-0.4, -0.2) is 39.5 Å². The van der Waals surface area contributed by atoms with Crippen LogP contribution in [0.15, 0.2) is 30.0 Å². The van der Waals surface area contributed by atoms with Gasteiger partial charge >= 0.3 is 0 Å². The number of aromatic nitrogens is 2. The summed E-state index contributed by atoms with van der Waals surface area (Å²) in [5, 5.41) is 2.72. The molecule has 0 aliphatic carbocycles. The van der Waals surface area contributed by atoms with E-state index >= 15 is 4.39 Å². The molecule has 5 nitrogen and oxygen atoms in total. The summed E-state index contributed by atoms with van der Waals surface area (Å²) in [6.45, 7) is 3.87. The standard InChI is InChI=1S/C17H21FN4OS/c1-13-15(24-12-21-13)10-22-8-2-5-17(18,11-22)16(23)20-9-14-3-6-19-7-4-14/h3-4,6-7,12H,2,5,8-11H2,1H3,(H,20,23). The van der Waals surface area contributed by atoms with Crippen molar-refractivity contribution < 1.29 is 9.18 Å². The van der Waals surface area contributed by atoms with Crippen LogP contribution in [0.25, 0.3) is 0 Å². The first kappa shape index (κ1) is 17.0. The number of carbonyl (C=O) groups is 1. The van der Waals surface area contributed by atoms with Gasteiger partial charge < -0.3 is 5.32 Å². The number of halogens is 1. The monoisotopic (exact) mass is 348 g/mol. The Bertz CT molecular complexity index is 693. The highest BCUT2D eigenvalue weighted by Gasteiger charge is 2.42. The van der Waals surface area contributed by atoms with Gasteiger partial charge in [0.1, 0.15) is 0 Å². The smallest absolute Gasteiger partial charge is 0.259 e. The molecule has 1 saturated heterocycles. The molecule has 3 rings (SSSR count). The van der Waals surface area contributed by atoms with Gasteiger partial charge in [0.2, 0.25) is 5.67 Å². The number of hydrogen-bond donors (Lipinski definition) is 1. The Morgan fingerprint density at radius 3 is 2.96 bits per heavy atom. The number of nitrogens with zero attached hydrogens (tertiary/aromatic N) is 3. The van der Waals surface area contributed by atoms with Crippen LogP contribution >= 0.6 is 11.3 Å². The normalized spacial score (nSPS) is 21.6. The van der Waals surface area contributed by atoms with Crippen LogP contribution in [0, 0.1) is 6.92 Å². The molecular formula is C17H21FN4OS. The van der Waals surface area contributed by atoms with Crippen LogP contribution in [0.5, 0.6) is 0 Å². The number of amides is 1. The van der Waals surface area contributed by atoms with Crippen molar-refractivity contribution in [2.45, 2.75) is 38.5 Å². The predicted octanol–water partition coefficient (Wildman–Crippen LogP) is 2.47. The Morgan fingerprint density at radius 1 is 1.46 bits per heavy atom. The predicted molar refractivity (Wildman–Crippen MR) is 91.3 cm³/mol. The number of hydrogen-bond acceptors (Lipinski definition) is 5. The number of rotatable bonds is 5. The number of nitrogens with one attached hydrogen (secondary N) is 1. The van der Waals surface area contributed by atoms with E-state index in [9.17, 15) is 4.79 Å². The molecule has 0 bridgehead atoms. The molecule has 0 spiro atoms. The van der Waals surface area contributed by atoms with Crippen molar-refractivity contribution in [1.82, 2.24) is 20.2 Å². The van der Waals surface area contributed by atoms with Crippen molar-refractivity contribution in [3.8, 4) is 0 Å². The van der Waals surface area contributed by atoms with Crippen LogP contribution in [0.1, 0.15) is 29.0 Å². The lowest BCUT2D eigenvalue weighted by Gasteiger charge is -2.36. The number of piperidine rings is 1. The topological polar surface area (TPSA) is 58.1 Å². The largest absolute Gasteiger partial charge is 0.349 e. The zero-order valence-electron chi connectivity index (χ0n) is 13.7. The van der Waals surface area contributed by atoms with E-state index in [2.05, 4.69) is 15.3 Å². The fourth-order valence-electron chi connectivity index (χ4n) is 2.94. The van der Waals surface area contributed by atoms with Gasteiger partial charge in [0.05, 0.1) is 11.2 Å². The van der Waals surface area contributed by atoms with Crippen molar-refractivity contribution in [3.63, 3.8) is 0 Å². The molecular weight excluding hydrogens is 327 g/mol. The molecule has 7 heteroatoms. The molecule has 0 aromatic carbocycles. The minimum atomic E-state index is -1.83. The first-order valence-corrected chi connectivity index (χ1v) is 8.92. The molecule has 1 aliphatic rings. The lowest BCUT2D eigenvalue weighted by Crippen LogP contribution is -2.53. The second-order valence-electron chi connectivity index (χ2n) is 6.18. The number of thiazole rings is 1. The first-order chi connectivity index (χ1) is 11.6. The van der Waals surface area contributed by atoms with Gasteiger partial charge in [-0.3, -0.25) is 14.7 Å². The molecule has 0 radical (unpaired) electrons. The molecule has 24 heavy (non-hydrogen) atoms. The molecule has 1 amide bonds. The van der Waals surface area contributed by atoms with E-state index in [1.165, 1.54) is 0 Å². The van der Waals surface area contributed by atoms with Crippen LogP contribution in [0.2, 0.25) is 0 Å². The van der Waals surface area contributed by atoms with Crippen molar-refractivity contribution >= 4 is 17.2 Å². The number of aryl methyl sites for hydroxylation is 1. The van der Waals surface area contributed by atoms with Gasteiger partial charge in [0, 0.05) is 36.9 Å². The van der Waals surface area contributed by atoms with Gasteiger partial charge in [-0.05, 0) is 44.0 Å². The molecule has 2 aromatic rings. The summed E-state index contributed by atoms with van der Waals surface area (Å²) >= 11 is 1.58. The van der Waals surface area contributed by atoms with Crippen molar-refractivity contribution in [1.29, 1.82) is 0 Å². The molecule has 1 N–H and O–H groups in total. The summed E-state index contributed by atoms with van der Waals surface area (Å²) in [6.07, 6.45) is 4.27. The zero-order valence-corrected chi connectivity index (χ0v) is 14.5. The quantitative estimate of drug-likeness (QED) is 0.902. The van der Waals surface area contributed by atoms with E-state index in [0.717, 1.165) is 22.7 Å². The van der Waals surface area contributed by atoms with E-state index in [1.807, 2.05) is 24.0 Å². The maximum Gasteiger partial charge on any atom is 0.259 e. The van der Waals surface area contributed by atoms with Crippen molar-refractivity contribution in [2.24, 2.45) is 0 Å². The summed E-state index contributed by atoms with van der Waals surface area (Å²) in [5.74, 6) is -0.523. The number of pyridine rings is 1. The number of carbonyl (C=O) groups excluding carboxylic acids is 1. The third-order valence-corrected chi connectivity index (χ3v) is 5.26. The van der Waals surface area contributed by atoms with Gasteiger partial charge in [-0.1, -0.05) is 0 Å². The molecule has 128 valence electrons. The zero-order chi connectivity index (χ0) is 17.0. The summed E-state index contributed by atoms with van der Waals surface area (Å²) in [4.78, 5) is 23.7. The third kappa shape index (κ3) is 3.96. The second-order valence-corrected chi connectivity index (χ2v) is 7.12. The first-order valence-electron chi connectivity index (χ1n) is 8.04. The van der Waals surface area contributed by atoms with E-state index in [0.29, 0.717) is 19.5 Å². The van der Waals surface area contributed by atoms with Gasteiger partial charge in [0.25, 0.3) is 5.91 Å². The van der Waals surface area contributed by atoms with Crippen molar-refractivity contribution in [2.75, 3.05) is 13.1 Å². The molecule has 1 fully saturated rings. The highest BCUT2D eigenvalue weighted by Crippen LogP contribution is 2.28. The Morgan fingerprint density at radius 2 is 2.25 bits per heavy atom. The molecule has 2 aromatic heterocycles. The Balaban J connectivity index is 1.59.